The Morgan fingerprint density at radius 3 is 2.37 bits per heavy atom. The molecule has 3 rings (SSSR count). The Hall–Kier alpha value is -2.62. The second-order valence-electron chi connectivity index (χ2n) is 6.23. The van der Waals surface area contributed by atoms with Crippen LogP contribution in [0.15, 0.2) is 24.5 Å². The van der Waals surface area contributed by atoms with Gasteiger partial charge in [0.25, 0.3) is 0 Å². The van der Waals surface area contributed by atoms with Gasteiger partial charge in [0.1, 0.15) is 0 Å². The monoisotopic (exact) mass is 386 g/mol. The number of carbonyl (C=O) groups excluding carboxylic acids is 2. The number of hydrogen-bond donors (Lipinski definition) is 0. The summed E-state index contributed by atoms with van der Waals surface area (Å²) < 4.78 is 56.7. The van der Waals surface area contributed by atoms with E-state index in [1.54, 1.807) is 6.92 Å². The Morgan fingerprint density at radius 1 is 1.15 bits per heavy atom. The van der Waals surface area contributed by atoms with Gasteiger partial charge in [0.05, 0.1) is 29.0 Å². The van der Waals surface area contributed by atoms with Gasteiger partial charge in [0.2, 0.25) is 0 Å². The number of nitrogens with zero attached hydrogens (tertiary/aromatic N) is 2. The fraction of sp³-hybridized carbons (Fsp3) is 0.471. The van der Waals surface area contributed by atoms with Crippen molar-refractivity contribution in [2.75, 3.05) is 0 Å². The number of halogens is 3. The number of carbonyl (C=O) groups is 2. The van der Waals surface area contributed by atoms with Crippen LogP contribution in [0.2, 0.25) is 0 Å². The second kappa shape index (κ2) is 6.84. The molecule has 0 amide bonds. The zero-order valence-corrected chi connectivity index (χ0v) is 14.7. The molecule has 0 aliphatic carbocycles. The van der Waals surface area contributed by atoms with Gasteiger partial charge < -0.3 is 18.8 Å². The third-order valence-electron chi connectivity index (χ3n) is 4.20. The van der Waals surface area contributed by atoms with Crippen LogP contribution in [0.1, 0.15) is 32.6 Å². The van der Waals surface area contributed by atoms with E-state index in [0.717, 1.165) is 12.1 Å². The highest BCUT2D eigenvalue weighted by atomic mass is 19.4. The van der Waals surface area contributed by atoms with E-state index in [1.807, 2.05) is 0 Å². The Bertz CT molecular complexity index is 879. The lowest BCUT2D eigenvalue weighted by Gasteiger charge is -2.23. The number of imidazole rings is 1. The molecule has 2 heterocycles. The van der Waals surface area contributed by atoms with Gasteiger partial charge in [-0.05, 0) is 25.1 Å². The summed E-state index contributed by atoms with van der Waals surface area (Å²) >= 11 is 0. The summed E-state index contributed by atoms with van der Waals surface area (Å²) in [5, 5.41) is 0. The molecule has 0 N–H and O–H groups in total. The lowest BCUT2D eigenvalue weighted by Crippen LogP contribution is -2.38. The number of rotatable bonds is 3. The van der Waals surface area contributed by atoms with Crippen LogP contribution >= 0.6 is 0 Å². The molecule has 0 bridgehead atoms. The van der Waals surface area contributed by atoms with E-state index in [2.05, 4.69) is 4.98 Å². The zero-order chi connectivity index (χ0) is 19.9. The number of alkyl halides is 3. The van der Waals surface area contributed by atoms with Crippen molar-refractivity contribution in [1.82, 2.24) is 9.55 Å². The SMILES string of the molecule is CC(=O)O[C@@H]1[C@H](OC(C)=O)[C@@H](C)O[C@H]1n1cnc2ccc(C(F)(F)F)cc21. The van der Waals surface area contributed by atoms with Crippen LogP contribution in [0.3, 0.4) is 0 Å². The summed E-state index contributed by atoms with van der Waals surface area (Å²) in [7, 11) is 0. The molecule has 0 saturated carbocycles. The average molecular weight is 386 g/mol. The third kappa shape index (κ3) is 3.75. The highest BCUT2D eigenvalue weighted by Gasteiger charge is 2.48. The summed E-state index contributed by atoms with van der Waals surface area (Å²) in [5.41, 5.74) is -0.372. The highest BCUT2D eigenvalue weighted by Crippen LogP contribution is 2.37. The molecule has 27 heavy (non-hydrogen) atoms. The molecule has 7 nitrogen and oxygen atoms in total. The molecule has 146 valence electrons. The van der Waals surface area contributed by atoms with Crippen LogP contribution in [-0.2, 0) is 30.0 Å². The van der Waals surface area contributed by atoms with Crippen LogP contribution in [0.5, 0.6) is 0 Å². The molecular formula is C17H17F3N2O5. The molecule has 0 radical (unpaired) electrons. The highest BCUT2D eigenvalue weighted by molar-refractivity contribution is 5.76. The van der Waals surface area contributed by atoms with Crippen LogP contribution in [0.4, 0.5) is 13.2 Å². The molecule has 10 heteroatoms. The van der Waals surface area contributed by atoms with Crippen LogP contribution in [0, 0.1) is 0 Å². The van der Waals surface area contributed by atoms with E-state index in [0.29, 0.717) is 5.52 Å². The molecule has 1 aromatic carbocycles. The number of ether oxygens (including phenoxy) is 3. The lowest BCUT2D eigenvalue weighted by atomic mass is 10.1. The van der Waals surface area contributed by atoms with Crippen molar-refractivity contribution in [2.45, 2.75) is 51.5 Å². The summed E-state index contributed by atoms with van der Waals surface area (Å²) in [6, 6.07) is 3.13. The summed E-state index contributed by atoms with van der Waals surface area (Å²) in [5.74, 6) is -1.23. The lowest BCUT2D eigenvalue weighted by molar-refractivity contribution is -0.165. The quantitative estimate of drug-likeness (QED) is 0.755. The smallest absolute Gasteiger partial charge is 0.416 e. The number of fused-ring (bicyclic) bond motifs is 1. The first-order chi connectivity index (χ1) is 12.6. The van der Waals surface area contributed by atoms with Gasteiger partial charge in [-0.25, -0.2) is 4.98 Å². The summed E-state index contributed by atoms with van der Waals surface area (Å²) in [4.78, 5) is 27.0. The van der Waals surface area contributed by atoms with Crippen molar-refractivity contribution in [3.05, 3.63) is 30.1 Å². The van der Waals surface area contributed by atoms with E-state index in [4.69, 9.17) is 14.2 Å². The third-order valence-corrected chi connectivity index (χ3v) is 4.20. The van der Waals surface area contributed by atoms with Crippen molar-refractivity contribution in [3.8, 4) is 0 Å². The molecule has 1 saturated heterocycles. The number of esters is 2. The minimum Gasteiger partial charge on any atom is -0.456 e. The Kier molecular flexibility index (Phi) is 4.85. The van der Waals surface area contributed by atoms with E-state index < -0.39 is 48.2 Å². The summed E-state index contributed by atoms with van der Waals surface area (Å²) in [6.07, 6.45) is -6.81. The van der Waals surface area contributed by atoms with Gasteiger partial charge in [-0.3, -0.25) is 9.59 Å². The van der Waals surface area contributed by atoms with Gasteiger partial charge >= 0.3 is 18.1 Å². The molecule has 1 aromatic heterocycles. The van der Waals surface area contributed by atoms with Crippen LogP contribution in [-0.4, -0.2) is 39.8 Å². The molecule has 0 spiro atoms. The maximum atomic E-state index is 13.1. The van der Waals surface area contributed by atoms with Gasteiger partial charge in [-0.1, -0.05) is 0 Å². The second-order valence-corrected chi connectivity index (χ2v) is 6.23. The normalized spacial score (nSPS) is 25.6. The molecule has 1 aliphatic rings. The summed E-state index contributed by atoms with van der Waals surface area (Å²) in [6.45, 7) is 4.00. The van der Waals surface area contributed by atoms with Crippen molar-refractivity contribution in [3.63, 3.8) is 0 Å². The molecule has 0 unspecified atom stereocenters. The van der Waals surface area contributed by atoms with Gasteiger partial charge in [0, 0.05) is 13.8 Å². The van der Waals surface area contributed by atoms with Crippen molar-refractivity contribution in [2.24, 2.45) is 0 Å². The predicted octanol–water partition coefficient (Wildman–Crippen LogP) is 2.84. The van der Waals surface area contributed by atoms with Crippen LogP contribution < -0.4 is 0 Å². The van der Waals surface area contributed by atoms with E-state index in [1.165, 1.54) is 30.8 Å². The van der Waals surface area contributed by atoms with Gasteiger partial charge in [0.15, 0.2) is 18.4 Å². The molecule has 1 fully saturated rings. The van der Waals surface area contributed by atoms with Crippen molar-refractivity contribution < 1.29 is 37.0 Å². The minimum absolute atomic E-state index is 0.155. The topological polar surface area (TPSA) is 79.6 Å². The first-order valence-corrected chi connectivity index (χ1v) is 8.11. The van der Waals surface area contributed by atoms with E-state index >= 15 is 0 Å². The van der Waals surface area contributed by atoms with Gasteiger partial charge in [-0.15, -0.1) is 0 Å². The number of aromatic nitrogens is 2. The Balaban J connectivity index is 2.05. The van der Waals surface area contributed by atoms with E-state index in [-0.39, 0.29) is 5.52 Å². The zero-order valence-electron chi connectivity index (χ0n) is 14.7. The average Bonchev–Trinajstić information content (AvgIpc) is 3.08. The fourth-order valence-electron chi connectivity index (χ4n) is 3.10. The number of benzene rings is 1. The maximum absolute atomic E-state index is 13.1. The minimum atomic E-state index is -4.53. The first-order valence-electron chi connectivity index (χ1n) is 8.11. The standard InChI is InChI=1S/C17H17F3N2O5/c1-8-14(26-9(2)23)15(27-10(3)24)16(25-8)22-7-21-12-5-4-11(6-13(12)22)17(18,19)20/h4-8,14-16H,1-3H3/t8-,14-,15-,16-/m1/s1. The molecule has 1 aliphatic heterocycles. The Labute approximate surface area is 152 Å². The van der Waals surface area contributed by atoms with Crippen LogP contribution in [0.25, 0.3) is 11.0 Å². The number of hydrogen-bond acceptors (Lipinski definition) is 6. The predicted molar refractivity (Wildman–Crippen MR) is 85.4 cm³/mol. The van der Waals surface area contributed by atoms with E-state index in [9.17, 15) is 22.8 Å². The maximum Gasteiger partial charge on any atom is 0.416 e. The molecule has 2 aromatic rings. The van der Waals surface area contributed by atoms with Crippen molar-refractivity contribution >= 4 is 23.0 Å². The van der Waals surface area contributed by atoms with Gasteiger partial charge in [-0.2, -0.15) is 13.2 Å². The largest absolute Gasteiger partial charge is 0.456 e. The Morgan fingerprint density at radius 2 is 1.78 bits per heavy atom. The molecule has 4 atom stereocenters. The van der Waals surface area contributed by atoms with Crippen molar-refractivity contribution in [1.29, 1.82) is 0 Å². The fourth-order valence-corrected chi connectivity index (χ4v) is 3.10. The molecular weight excluding hydrogens is 369 g/mol. The first kappa shape index (κ1) is 19.2.